The molecule has 0 saturated carbocycles. The van der Waals surface area contributed by atoms with Crippen molar-refractivity contribution in [1.29, 1.82) is 0 Å². The van der Waals surface area contributed by atoms with Crippen molar-refractivity contribution in [1.82, 2.24) is 5.32 Å². The van der Waals surface area contributed by atoms with Gasteiger partial charge in [0.05, 0.1) is 11.8 Å². The third-order valence-corrected chi connectivity index (χ3v) is 3.95. The van der Waals surface area contributed by atoms with Crippen molar-refractivity contribution in [2.75, 3.05) is 14.2 Å². The molecule has 1 aromatic carbocycles. The van der Waals surface area contributed by atoms with Crippen LogP contribution in [0.15, 0.2) is 24.3 Å². The Morgan fingerprint density at radius 2 is 2.20 bits per heavy atom. The Bertz CT molecular complexity index is 464. The van der Waals surface area contributed by atoms with E-state index in [1.165, 1.54) is 15.0 Å². The third kappa shape index (κ3) is 1.85. The molecule has 0 aliphatic rings. The van der Waals surface area contributed by atoms with Crippen LogP contribution in [0.4, 0.5) is 0 Å². The van der Waals surface area contributed by atoms with Crippen molar-refractivity contribution in [3.05, 3.63) is 29.1 Å². The molecule has 2 nitrogen and oxygen atoms in total. The van der Waals surface area contributed by atoms with Crippen LogP contribution in [0.2, 0.25) is 0 Å². The molecule has 0 aliphatic carbocycles. The molecule has 1 N–H and O–H groups in total. The lowest BCUT2D eigenvalue weighted by Crippen LogP contribution is -2.10. The molecule has 0 aliphatic heterocycles. The second-order valence-corrected chi connectivity index (χ2v) is 4.62. The van der Waals surface area contributed by atoms with Crippen LogP contribution in [0, 0.1) is 0 Å². The molecule has 0 amide bonds. The first-order valence-electron chi connectivity index (χ1n) is 5.00. The Hall–Kier alpha value is -1.06. The van der Waals surface area contributed by atoms with E-state index in [1.807, 2.05) is 19.2 Å². The quantitative estimate of drug-likeness (QED) is 0.859. The highest BCUT2D eigenvalue weighted by Gasteiger charge is 2.10. The molecule has 0 spiro atoms. The zero-order valence-electron chi connectivity index (χ0n) is 9.20. The van der Waals surface area contributed by atoms with E-state index in [9.17, 15) is 0 Å². The number of hydrogen-bond acceptors (Lipinski definition) is 3. The molecule has 0 saturated heterocycles. The van der Waals surface area contributed by atoms with E-state index in [0.29, 0.717) is 6.04 Å². The summed E-state index contributed by atoms with van der Waals surface area (Å²) in [6.45, 7) is 2.16. The van der Waals surface area contributed by atoms with Crippen LogP contribution in [0.1, 0.15) is 17.8 Å². The van der Waals surface area contributed by atoms with E-state index < -0.39 is 0 Å². The molecule has 0 fully saturated rings. The SMILES string of the molecule is CNC(C)c1cc2cccc(OC)c2s1. The van der Waals surface area contributed by atoms with Gasteiger partial charge in [-0.25, -0.2) is 0 Å². The average Bonchev–Trinajstić information content (AvgIpc) is 2.71. The van der Waals surface area contributed by atoms with Gasteiger partial charge in [-0.3, -0.25) is 0 Å². The van der Waals surface area contributed by atoms with Crippen LogP contribution in [0.5, 0.6) is 5.75 Å². The van der Waals surface area contributed by atoms with E-state index >= 15 is 0 Å². The molecule has 0 bridgehead atoms. The normalized spacial score (nSPS) is 13.0. The van der Waals surface area contributed by atoms with Crippen molar-refractivity contribution in [2.45, 2.75) is 13.0 Å². The Morgan fingerprint density at radius 1 is 1.40 bits per heavy atom. The maximum absolute atomic E-state index is 5.34. The Balaban J connectivity index is 2.55. The van der Waals surface area contributed by atoms with E-state index in [2.05, 4.69) is 24.4 Å². The standard InChI is InChI=1S/C12H15NOS/c1-8(13-2)11-7-9-5-4-6-10(14-3)12(9)15-11/h4-8,13H,1-3H3. The highest BCUT2D eigenvalue weighted by molar-refractivity contribution is 7.19. The second-order valence-electron chi connectivity index (χ2n) is 3.54. The Labute approximate surface area is 93.9 Å². The number of ether oxygens (including phenoxy) is 1. The highest BCUT2D eigenvalue weighted by Crippen LogP contribution is 2.35. The van der Waals surface area contributed by atoms with Crippen molar-refractivity contribution in [3.8, 4) is 5.75 Å². The molecule has 3 heteroatoms. The maximum Gasteiger partial charge on any atom is 0.136 e. The van der Waals surface area contributed by atoms with Crippen LogP contribution >= 0.6 is 11.3 Å². The molecule has 1 aromatic heterocycles. The number of rotatable bonds is 3. The van der Waals surface area contributed by atoms with Gasteiger partial charge < -0.3 is 10.1 Å². The summed E-state index contributed by atoms with van der Waals surface area (Å²) in [6, 6.07) is 8.78. The fourth-order valence-corrected chi connectivity index (χ4v) is 2.79. The van der Waals surface area contributed by atoms with E-state index in [-0.39, 0.29) is 0 Å². The molecule has 1 unspecified atom stereocenters. The number of thiophene rings is 1. The fraction of sp³-hybridized carbons (Fsp3) is 0.333. The van der Waals surface area contributed by atoms with Crippen LogP contribution in [-0.2, 0) is 0 Å². The van der Waals surface area contributed by atoms with Gasteiger partial charge in [0.25, 0.3) is 0 Å². The molecule has 1 atom stereocenters. The first-order valence-corrected chi connectivity index (χ1v) is 5.81. The van der Waals surface area contributed by atoms with Gasteiger partial charge in [0, 0.05) is 10.9 Å². The minimum absolute atomic E-state index is 0.395. The first kappa shape index (κ1) is 10.5. The zero-order valence-corrected chi connectivity index (χ0v) is 10.0. The summed E-state index contributed by atoms with van der Waals surface area (Å²) in [5.74, 6) is 0.965. The van der Waals surface area contributed by atoms with Gasteiger partial charge in [-0.15, -0.1) is 11.3 Å². The van der Waals surface area contributed by atoms with Crippen LogP contribution in [-0.4, -0.2) is 14.2 Å². The lowest BCUT2D eigenvalue weighted by molar-refractivity contribution is 0.420. The summed E-state index contributed by atoms with van der Waals surface area (Å²) in [5, 5.41) is 4.51. The molecule has 2 aromatic rings. The number of fused-ring (bicyclic) bond motifs is 1. The van der Waals surface area contributed by atoms with Crippen molar-refractivity contribution >= 4 is 21.4 Å². The van der Waals surface area contributed by atoms with Gasteiger partial charge in [-0.2, -0.15) is 0 Å². The number of methoxy groups -OCH3 is 1. The number of nitrogens with one attached hydrogen (secondary N) is 1. The van der Waals surface area contributed by atoms with Crippen LogP contribution in [0.3, 0.4) is 0 Å². The third-order valence-electron chi connectivity index (χ3n) is 2.61. The summed E-state index contributed by atoms with van der Waals surface area (Å²) < 4.78 is 6.58. The molecule has 0 radical (unpaired) electrons. The largest absolute Gasteiger partial charge is 0.495 e. The van der Waals surface area contributed by atoms with Gasteiger partial charge in [0.1, 0.15) is 5.75 Å². The van der Waals surface area contributed by atoms with Crippen molar-refractivity contribution in [2.24, 2.45) is 0 Å². The van der Waals surface area contributed by atoms with Gasteiger partial charge in [0.15, 0.2) is 0 Å². The summed E-state index contributed by atoms with van der Waals surface area (Å²) >= 11 is 1.79. The Morgan fingerprint density at radius 3 is 2.87 bits per heavy atom. The molecule has 2 rings (SSSR count). The Kier molecular flexibility index (Phi) is 2.93. The number of benzene rings is 1. The molecule has 80 valence electrons. The molecular formula is C12H15NOS. The minimum atomic E-state index is 0.395. The predicted octanol–water partition coefficient (Wildman–Crippen LogP) is 3.19. The summed E-state index contributed by atoms with van der Waals surface area (Å²) in [7, 11) is 3.70. The van der Waals surface area contributed by atoms with Crippen LogP contribution in [0.25, 0.3) is 10.1 Å². The summed E-state index contributed by atoms with van der Waals surface area (Å²) in [4.78, 5) is 1.34. The van der Waals surface area contributed by atoms with E-state index in [4.69, 9.17) is 4.74 Å². The summed E-state index contributed by atoms with van der Waals surface area (Å²) in [5.41, 5.74) is 0. The van der Waals surface area contributed by atoms with E-state index in [0.717, 1.165) is 5.75 Å². The molecule has 1 heterocycles. The lowest BCUT2D eigenvalue weighted by Gasteiger charge is -2.05. The van der Waals surface area contributed by atoms with Gasteiger partial charge in [-0.1, -0.05) is 12.1 Å². The van der Waals surface area contributed by atoms with Gasteiger partial charge >= 0.3 is 0 Å². The smallest absolute Gasteiger partial charge is 0.136 e. The fourth-order valence-electron chi connectivity index (χ4n) is 1.57. The van der Waals surface area contributed by atoms with Crippen molar-refractivity contribution in [3.63, 3.8) is 0 Å². The minimum Gasteiger partial charge on any atom is -0.495 e. The summed E-state index contributed by atoms with van der Waals surface area (Å²) in [6.07, 6.45) is 0. The zero-order chi connectivity index (χ0) is 10.8. The number of hydrogen-bond donors (Lipinski definition) is 1. The van der Waals surface area contributed by atoms with Crippen LogP contribution < -0.4 is 10.1 Å². The first-order chi connectivity index (χ1) is 7.26. The van der Waals surface area contributed by atoms with Gasteiger partial charge in [-0.05, 0) is 31.5 Å². The highest BCUT2D eigenvalue weighted by atomic mass is 32.1. The molecule has 15 heavy (non-hydrogen) atoms. The topological polar surface area (TPSA) is 21.3 Å². The lowest BCUT2D eigenvalue weighted by atomic mass is 10.2. The monoisotopic (exact) mass is 221 g/mol. The van der Waals surface area contributed by atoms with Crippen molar-refractivity contribution < 1.29 is 4.74 Å². The maximum atomic E-state index is 5.34. The molecular weight excluding hydrogens is 206 g/mol. The van der Waals surface area contributed by atoms with Gasteiger partial charge in [0.2, 0.25) is 0 Å². The second kappa shape index (κ2) is 4.21. The van der Waals surface area contributed by atoms with E-state index in [1.54, 1.807) is 18.4 Å². The average molecular weight is 221 g/mol. The predicted molar refractivity (Wildman–Crippen MR) is 65.9 cm³/mol.